The Morgan fingerprint density at radius 3 is 2.67 bits per heavy atom. The molecule has 1 saturated heterocycles. The van der Waals surface area contributed by atoms with Gasteiger partial charge in [-0.25, -0.2) is 0 Å². The minimum absolute atomic E-state index is 0.0173. The van der Waals surface area contributed by atoms with Gasteiger partial charge in [-0.15, -0.1) is 0 Å². The third-order valence-corrected chi connectivity index (χ3v) is 5.94. The van der Waals surface area contributed by atoms with Gasteiger partial charge in [-0.05, 0) is 44.4 Å². The summed E-state index contributed by atoms with van der Waals surface area (Å²) >= 11 is 3.46. The molecular formula is C21H27BrN2O3. The Labute approximate surface area is 168 Å². The molecule has 2 aromatic rings. The highest BCUT2D eigenvalue weighted by Gasteiger charge is 2.31. The van der Waals surface area contributed by atoms with Gasteiger partial charge in [0, 0.05) is 48.0 Å². The van der Waals surface area contributed by atoms with E-state index in [1.807, 2.05) is 42.0 Å². The topological polar surface area (TPSA) is 53.8 Å². The average molecular weight is 435 g/mol. The first-order valence-electron chi connectivity index (χ1n) is 9.65. The summed E-state index contributed by atoms with van der Waals surface area (Å²) in [5, 5.41) is 0.954. The van der Waals surface area contributed by atoms with Crippen LogP contribution in [0.5, 0.6) is 0 Å². The molecule has 3 rings (SSSR count). The van der Waals surface area contributed by atoms with Gasteiger partial charge >= 0.3 is 0 Å². The Hall–Kier alpha value is -1.82. The Kier molecular flexibility index (Phi) is 6.25. The number of rotatable bonds is 5. The molecule has 1 aromatic carbocycles. The van der Waals surface area contributed by atoms with Crippen LogP contribution in [0.15, 0.2) is 27.1 Å². The summed E-state index contributed by atoms with van der Waals surface area (Å²) in [5.41, 5.74) is 1.59. The molecule has 0 spiro atoms. The second kappa shape index (κ2) is 8.46. The van der Waals surface area contributed by atoms with Gasteiger partial charge in [0.05, 0.1) is 0 Å². The van der Waals surface area contributed by atoms with Crippen LogP contribution < -0.4 is 0 Å². The minimum atomic E-state index is -0.0786. The monoisotopic (exact) mass is 434 g/mol. The van der Waals surface area contributed by atoms with E-state index in [1.54, 1.807) is 0 Å². The fourth-order valence-electron chi connectivity index (χ4n) is 3.69. The van der Waals surface area contributed by atoms with E-state index in [-0.39, 0.29) is 17.7 Å². The number of benzene rings is 1. The lowest BCUT2D eigenvalue weighted by molar-refractivity contribution is -0.135. The van der Waals surface area contributed by atoms with Gasteiger partial charge in [0.2, 0.25) is 5.91 Å². The van der Waals surface area contributed by atoms with Crippen molar-refractivity contribution in [1.29, 1.82) is 0 Å². The summed E-state index contributed by atoms with van der Waals surface area (Å²) in [6.45, 7) is 6.04. The number of likely N-dealkylation sites (tertiary alicyclic amines) is 1. The van der Waals surface area contributed by atoms with E-state index < -0.39 is 0 Å². The highest BCUT2D eigenvalue weighted by molar-refractivity contribution is 9.10. The number of amides is 2. The first-order chi connectivity index (χ1) is 12.9. The predicted octanol–water partition coefficient (Wildman–Crippen LogP) is 4.61. The van der Waals surface area contributed by atoms with E-state index in [4.69, 9.17) is 4.42 Å². The maximum Gasteiger partial charge on any atom is 0.289 e. The zero-order valence-corrected chi connectivity index (χ0v) is 17.8. The van der Waals surface area contributed by atoms with E-state index in [9.17, 15) is 9.59 Å². The molecule has 0 saturated carbocycles. The fourth-order valence-corrected chi connectivity index (χ4v) is 4.05. The number of furan rings is 1. The van der Waals surface area contributed by atoms with Gasteiger partial charge in [0.25, 0.3) is 5.91 Å². The standard InChI is InChI=1S/C21H27BrN2O3/c1-4-5-10-23(3)20(25)15-8-11-24(12-9-15)21(26)19-14(2)17-13-16(22)6-7-18(17)27-19/h6-7,13,15H,4-5,8-12H2,1-3H3. The molecule has 6 heteroatoms. The van der Waals surface area contributed by atoms with E-state index in [0.717, 1.165) is 40.4 Å². The highest BCUT2D eigenvalue weighted by Crippen LogP contribution is 2.30. The lowest BCUT2D eigenvalue weighted by Crippen LogP contribution is -2.43. The first kappa shape index (κ1) is 19.9. The summed E-state index contributed by atoms with van der Waals surface area (Å²) in [4.78, 5) is 29.2. The van der Waals surface area contributed by atoms with Crippen LogP contribution in [-0.4, -0.2) is 48.3 Å². The van der Waals surface area contributed by atoms with E-state index in [0.29, 0.717) is 31.7 Å². The minimum Gasteiger partial charge on any atom is -0.451 e. The van der Waals surface area contributed by atoms with E-state index >= 15 is 0 Å². The molecular weight excluding hydrogens is 408 g/mol. The van der Waals surface area contributed by atoms with Crippen LogP contribution in [0.4, 0.5) is 0 Å². The van der Waals surface area contributed by atoms with Crippen LogP contribution in [-0.2, 0) is 4.79 Å². The smallest absolute Gasteiger partial charge is 0.289 e. The molecule has 1 aliphatic heterocycles. The third kappa shape index (κ3) is 4.21. The largest absolute Gasteiger partial charge is 0.451 e. The van der Waals surface area contributed by atoms with Crippen LogP contribution in [0.1, 0.15) is 48.7 Å². The van der Waals surface area contributed by atoms with Crippen LogP contribution >= 0.6 is 15.9 Å². The molecule has 0 aliphatic carbocycles. The number of carbonyl (C=O) groups excluding carboxylic acids is 2. The third-order valence-electron chi connectivity index (χ3n) is 5.45. The fraction of sp³-hybridized carbons (Fsp3) is 0.524. The number of halogens is 1. The van der Waals surface area contributed by atoms with Crippen molar-refractivity contribution in [2.24, 2.45) is 5.92 Å². The molecule has 0 bridgehead atoms. The first-order valence-corrected chi connectivity index (χ1v) is 10.4. The second-order valence-corrected chi connectivity index (χ2v) is 8.29. The number of aryl methyl sites for hydroxylation is 1. The molecule has 2 heterocycles. The highest BCUT2D eigenvalue weighted by atomic mass is 79.9. The molecule has 27 heavy (non-hydrogen) atoms. The summed E-state index contributed by atoms with van der Waals surface area (Å²) < 4.78 is 6.80. The van der Waals surface area contributed by atoms with Crippen molar-refractivity contribution in [2.45, 2.75) is 39.5 Å². The molecule has 5 nitrogen and oxygen atoms in total. The van der Waals surface area contributed by atoms with E-state index in [2.05, 4.69) is 22.9 Å². The summed E-state index contributed by atoms with van der Waals surface area (Å²) in [5.74, 6) is 0.557. The molecule has 0 N–H and O–H groups in total. The molecule has 0 unspecified atom stereocenters. The molecule has 1 fully saturated rings. The summed E-state index contributed by atoms with van der Waals surface area (Å²) in [6.07, 6.45) is 3.54. The Morgan fingerprint density at radius 1 is 1.30 bits per heavy atom. The van der Waals surface area contributed by atoms with Crippen molar-refractivity contribution in [3.05, 3.63) is 34.0 Å². The van der Waals surface area contributed by atoms with Crippen molar-refractivity contribution in [1.82, 2.24) is 9.80 Å². The van der Waals surface area contributed by atoms with Gasteiger partial charge in [0.15, 0.2) is 5.76 Å². The van der Waals surface area contributed by atoms with Crippen molar-refractivity contribution in [2.75, 3.05) is 26.7 Å². The number of hydrogen-bond acceptors (Lipinski definition) is 3. The maximum atomic E-state index is 13.0. The number of fused-ring (bicyclic) bond motifs is 1. The zero-order valence-electron chi connectivity index (χ0n) is 16.3. The SMILES string of the molecule is CCCCN(C)C(=O)C1CCN(C(=O)c2oc3ccc(Br)cc3c2C)CC1. The number of carbonyl (C=O) groups is 2. The summed E-state index contributed by atoms with van der Waals surface area (Å²) in [7, 11) is 1.88. The van der Waals surface area contributed by atoms with Gasteiger partial charge in [-0.3, -0.25) is 9.59 Å². The second-order valence-electron chi connectivity index (χ2n) is 7.38. The van der Waals surface area contributed by atoms with Crippen LogP contribution in [0.3, 0.4) is 0 Å². The van der Waals surface area contributed by atoms with Crippen LogP contribution in [0.2, 0.25) is 0 Å². The Morgan fingerprint density at radius 2 is 2.00 bits per heavy atom. The predicted molar refractivity (Wildman–Crippen MR) is 110 cm³/mol. The lowest BCUT2D eigenvalue weighted by Gasteiger charge is -2.33. The van der Waals surface area contributed by atoms with Gasteiger partial charge in [-0.2, -0.15) is 0 Å². The lowest BCUT2D eigenvalue weighted by atomic mass is 9.95. The number of nitrogens with zero attached hydrogens (tertiary/aromatic N) is 2. The molecule has 1 aliphatic rings. The quantitative estimate of drug-likeness (QED) is 0.689. The van der Waals surface area contributed by atoms with Gasteiger partial charge in [-0.1, -0.05) is 29.3 Å². The van der Waals surface area contributed by atoms with Gasteiger partial charge < -0.3 is 14.2 Å². The number of unbranched alkanes of at least 4 members (excludes halogenated alkanes) is 1. The van der Waals surface area contributed by atoms with E-state index in [1.165, 1.54) is 0 Å². The number of piperidine rings is 1. The molecule has 1 aromatic heterocycles. The molecule has 2 amide bonds. The van der Waals surface area contributed by atoms with Crippen molar-refractivity contribution in [3.8, 4) is 0 Å². The van der Waals surface area contributed by atoms with Crippen molar-refractivity contribution in [3.63, 3.8) is 0 Å². The molecule has 0 atom stereocenters. The Balaban J connectivity index is 1.65. The Bertz CT molecular complexity index is 837. The maximum absolute atomic E-state index is 13.0. The summed E-state index contributed by atoms with van der Waals surface area (Å²) in [6, 6.07) is 5.76. The molecule has 146 valence electrons. The molecule has 0 radical (unpaired) electrons. The van der Waals surface area contributed by atoms with Crippen molar-refractivity contribution >= 4 is 38.7 Å². The average Bonchev–Trinajstić information content (AvgIpc) is 3.01. The normalized spacial score (nSPS) is 15.3. The van der Waals surface area contributed by atoms with Crippen LogP contribution in [0, 0.1) is 12.8 Å². The number of hydrogen-bond donors (Lipinski definition) is 0. The van der Waals surface area contributed by atoms with Crippen molar-refractivity contribution < 1.29 is 14.0 Å². The zero-order chi connectivity index (χ0) is 19.6. The van der Waals surface area contributed by atoms with Gasteiger partial charge in [0.1, 0.15) is 5.58 Å². The van der Waals surface area contributed by atoms with Crippen LogP contribution in [0.25, 0.3) is 11.0 Å².